The average molecular weight is 301 g/mol. The third-order valence-corrected chi connectivity index (χ3v) is 5.02. The first-order valence-electron chi connectivity index (χ1n) is 7.34. The fraction of sp³-hybridized carbons (Fsp3) is 0.375. The molecule has 1 aliphatic carbocycles. The summed E-state index contributed by atoms with van der Waals surface area (Å²) in [6.07, 6.45) is 7.81. The lowest BCUT2D eigenvalue weighted by molar-refractivity contribution is 0.0959. The van der Waals surface area contributed by atoms with Crippen molar-refractivity contribution in [3.63, 3.8) is 0 Å². The molecule has 5 heteroatoms. The molecule has 0 radical (unpaired) electrons. The lowest BCUT2D eigenvalue weighted by atomic mass is 10.1. The van der Waals surface area contributed by atoms with Gasteiger partial charge in [0.15, 0.2) is 0 Å². The van der Waals surface area contributed by atoms with Crippen LogP contribution in [0, 0.1) is 0 Å². The van der Waals surface area contributed by atoms with E-state index in [1.807, 2.05) is 31.3 Å². The quantitative estimate of drug-likeness (QED) is 0.509. The minimum atomic E-state index is -0.112. The highest BCUT2D eigenvalue weighted by Gasteiger charge is 2.16. The van der Waals surface area contributed by atoms with Crippen molar-refractivity contribution in [1.29, 1.82) is 0 Å². The maximum absolute atomic E-state index is 12.2. The fourth-order valence-corrected chi connectivity index (χ4v) is 3.73. The van der Waals surface area contributed by atoms with Crippen molar-refractivity contribution in [2.45, 2.75) is 39.0 Å². The number of hydrazone groups is 1. The van der Waals surface area contributed by atoms with Crippen molar-refractivity contribution >= 4 is 23.0 Å². The van der Waals surface area contributed by atoms with E-state index in [0.717, 1.165) is 29.1 Å². The highest BCUT2D eigenvalue weighted by atomic mass is 32.1. The molecule has 2 heterocycles. The van der Waals surface area contributed by atoms with Gasteiger partial charge in [0.2, 0.25) is 0 Å². The van der Waals surface area contributed by atoms with Crippen LogP contribution in [0.5, 0.6) is 0 Å². The molecule has 0 saturated carbocycles. The van der Waals surface area contributed by atoms with Crippen molar-refractivity contribution in [3.05, 3.63) is 45.4 Å². The Morgan fingerprint density at radius 1 is 1.33 bits per heavy atom. The summed E-state index contributed by atoms with van der Waals surface area (Å²) in [5, 5.41) is 4.16. The predicted octanol–water partition coefficient (Wildman–Crippen LogP) is 3.50. The summed E-state index contributed by atoms with van der Waals surface area (Å²) in [5.74, 6) is -0.112. The molecular weight excluding hydrogens is 282 g/mol. The topological polar surface area (TPSA) is 57.2 Å². The molecule has 0 spiro atoms. The highest BCUT2D eigenvalue weighted by molar-refractivity contribution is 7.14. The maximum atomic E-state index is 12.2. The Balaban J connectivity index is 1.70. The van der Waals surface area contributed by atoms with Crippen LogP contribution in [0.15, 0.2) is 29.5 Å². The number of aromatic amines is 1. The van der Waals surface area contributed by atoms with Gasteiger partial charge in [-0.05, 0) is 56.4 Å². The number of nitrogens with one attached hydrogen (secondary N) is 2. The molecule has 0 saturated heterocycles. The zero-order valence-electron chi connectivity index (χ0n) is 12.1. The molecule has 1 amide bonds. The van der Waals surface area contributed by atoms with Crippen LogP contribution in [-0.4, -0.2) is 16.6 Å². The first-order chi connectivity index (χ1) is 10.2. The van der Waals surface area contributed by atoms with E-state index in [1.165, 1.54) is 29.7 Å². The number of rotatable bonds is 3. The van der Waals surface area contributed by atoms with Gasteiger partial charge in [-0.1, -0.05) is 6.42 Å². The Kier molecular flexibility index (Phi) is 4.20. The van der Waals surface area contributed by atoms with Gasteiger partial charge in [0, 0.05) is 11.1 Å². The molecular formula is C16H19N3OS. The van der Waals surface area contributed by atoms with E-state index in [4.69, 9.17) is 0 Å². The van der Waals surface area contributed by atoms with Gasteiger partial charge < -0.3 is 4.98 Å². The van der Waals surface area contributed by atoms with Gasteiger partial charge in [-0.3, -0.25) is 4.79 Å². The van der Waals surface area contributed by atoms with Crippen molar-refractivity contribution in [2.24, 2.45) is 5.10 Å². The molecule has 0 aliphatic heterocycles. The summed E-state index contributed by atoms with van der Waals surface area (Å²) >= 11 is 1.62. The van der Waals surface area contributed by atoms with Crippen molar-refractivity contribution in [1.82, 2.24) is 10.4 Å². The van der Waals surface area contributed by atoms with Crippen molar-refractivity contribution in [2.75, 3.05) is 0 Å². The van der Waals surface area contributed by atoms with Gasteiger partial charge in [-0.15, -0.1) is 11.3 Å². The standard InChI is InChI=1S/C16H19N3OS/c1-11(13-7-5-9-17-13)18-19-16(20)15-10-12-6-3-2-4-8-14(12)21-15/h5,7,9-10,17H,2-4,6,8H2,1H3,(H,19,20)/b18-11+. The second-order valence-electron chi connectivity index (χ2n) is 5.34. The Hall–Kier alpha value is -1.88. The monoisotopic (exact) mass is 301 g/mol. The molecule has 0 bridgehead atoms. The third kappa shape index (κ3) is 3.24. The van der Waals surface area contributed by atoms with Gasteiger partial charge in [0.05, 0.1) is 16.3 Å². The molecule has 4 nitrogen and oxygen atoms in total. The summed E-state index contributed by atoms with van der Waals surface area (Å²) in [5.41, 5.74) is 5.69. The number of H-pyrrole nitrogens is 1. The van der Waals surface area contributed by atoms with Crippen LogP contribution in [0.2, 0.25) is 0 Å². The molecule has 0 aromatic carbocycles. The average Bonchev–Trinajstić information content (AvgIpc) is 3.11. The van der Waals surface area contributed by atoms with E-state index < -0.39 is 0 Å². The van der Waals surface area contributed by atoms with Crippen LogP contribution < -0.4 is 5.43 Å². The second-order valence-corrected chi connectivity index (χ2v) is 6.48. The van der Waals surface area contributed by atoms with Crippen LogP contribution >= 0.6 is 11.3 Å². The van der Waals surface area contributed by atoms with E-state index in [2.05, 4.69) is 15.5 Å². The Morgan fingerprint density at radius 3 is 3.00 bits per heavy atom. The molecule has 110 valence electrons. The summed E-state index contributed by atoms with van der Waals surface area (Å²) in [6.45, 7) is 1.87. The zero-order chi connectivity index (χ0) is 14.7. The van der Waals surface area contributed by atoms with Gasteiger partial charge in [-0.2, -0.15) is 5.10 Å². The van der Waals surface area contributed by atoms with E-state index >= 15 is 0 Å². The van der Waals surface area contributed by atoms with E-state index in [-0.39, 0.29) is 5.91 Å². The summed E-state index contributed by atoms with van der Waals surface area (Å²) < 4.78 is 0. The molecule has 0 unspecified atom stereocenters. The molecule has 2 aromatic rings. The van der Waals surface area contributed by atoms with Crippen LogP contribution in [0.1, 0.15) is 52.0 Å². The lowest BCUT2D eigenvalue weighted by Crippen LogP contribution is -2.18. The number of thiophene rings is 1. The normalized spacial score (nSPS) is 15.4. The maximum Gasteiger partial charge on any atom is 0.281 e. The van der Waals surface area contributed by atoms with Crippen LogP contribution in [0.25, 0.3) is 0 Å². The van der Waals surface area contributed by atoms with E-state index in [9.17, 15) is 4.79 Å². The fourth-order valence-electron chi connectivity index (χ4n) is 2.58. The molecule has 3 rings (SSSR count). The number of fused-ring (bicyclic) bond motifs is 1. The van der Waals surface area contributed by atoms with Gasteiger partial charge in [0.1, 0.15) is 0 Å². The first-order valence-corrected chi connectivity index (χ1v) is 8.15. The largest absolute Gasteiger partial charge is 0.360 e. The molecule has 21 heavy (non-hydrogen) atoms. The summed E-state index contributed by atoms with van der Waals surface area (Å²) in [4.78, 5) is 17.4. The zero-order valence-corrected chi connectivity index (χ0v) is 12.9. The smallest absolute Gasteiger partial charge is 0.281 e. The van der Waals surface area contributed by atoms with E-state index in [1.54, 1.807) is 11.3 Å². The molecule has 2 aromatic heterocycles. The van der Waals surface area contributed by atoms with Crippen molar-refractivity contribution < 1.29 is 4.79 Å². The summed E-state index contributed by atoms with van der Waals surface area (Å²) in [7, 11) is 0. The highest BCUT2D eigenvalue weighted by Crippen LogP contribution is 2.28. The number of nitrogens with zero attached hydrogens (tertiary/aromatic N) is 1. The molecule has 0 atom stereocenters. The minimum Gasteiger partial charge on any atom is -0.360 e. The summed E-state index contributed by atoms with van der Waals surface area (Å²) in [6, 6.07) is 5.88. The SMILES string of the molecule is C/C(=N\NC(=O)c1cc2c(s1)CCCCC2)c1ccc[nH]1. The lowest BCUT2D eigenvalue weighted by Gasteiger charge is -1.99. The number of hydrogen-bond donors (Lipinski definition) is 2. The predicted molar refractivity (Wildman–Crippen MR) is 86.0 cm³/mol. The number of aryl methyl sites for hydroxylation is 2. The molecule has 0 fully saturated rings. The number of amides is 1. The number of aromatic nitrogens is 1. The number of carbonyl (C=O) groups excluding carboxylic acids is 1. The van der Waals surface area contributed by atoms with Crippen LogP contribution in [-0.2, 0) is 12.8 Å². The Bertz CT molecular complexity index is 632. The van der Waals surface area contributed by atoms with E-state index in [0.29, 0.717) is 0 Å². The second kappa shape index (κ2) is 6.26. The first kappa shape index (κ1) is 14.1. The van der Waals surface area contributed by atoms with Gasteiger partial charge >= 0.3 is 0 Å². The Labute approximate surface area is 128 Å². The molecule has 2 N–H and O–H groups in total. The number of hydrogen-bond acceptors (Lipinski definition) is 3. The van der Waals surface area contributed by atoms with Gasteiger partial charge in [-0.25, -0.2) is 5.43 Å². The van der Waals surface area contributed by atoms with Crippen molar-refractivity contribution in [3.8, 4) is 0 Å². The van der Waals surface area contributed by atoms with Crippen LogP contribution in [0.4, 0.5) is 0 Å². The van der Waals surface area contributed by atoms with Crippen LogP contribution in [0.3, 0.4) is 0 Å². The van der Waals surface area contributed by atoms with Gasteiger partial charge in [0.25, 0.3) is 5.91 Å². The Morgan fingerprint density at radius 2 is 2.19 bits per heavy atom. The third-order valence-electron chi connectivity index (χ3n) is 3.78. The number of carbonyl (C=O) groups is 1. The minimum absolute atomic E-state index is 0.112. The molecule has 1 aliphatic rings.